The molecule has 0 saturated heterocycles. The van der Waals surface area contributed by atoms with Gasteiger partial charge >= 0.3 is 0 Å². The van der Waals surface area contributed by atoms with Crippen molar-refractivity contribution in [1.29, 1.82) is 0 Å². The molecule has 8 aromatic carbocycles. The quantitative estimate of drug-likeness (QED) is 0.0965. The van der Waals surface area contributed by atoms with Crippen LogP contribution in [-0.2, 0) is 28.2 Å². The molecule has 636 valence electrons. The Labute approximate surface area is 741 Å². The van der Waals surface area contributed by atoms with Gasteiger partial charge in [0.05, 0.1) is 0 Å². The predicted molar refractivity (Wildman–Crippen MR) is 519 cm³/mol. The molecule has 4 nitrogen and oxygen atoms in total. The minimum absolute atomic E-state index is 0.175. The highest BCUT2D eigenvalue weighted by Gasteiger charge is 2.38. The Hall–Kier alpha value is -9.64. The molecule has 0 aliphatic heterocycles. The van der Waals surface area contributed by atoms with Crippen LogP contribution < -0.4 is 18.3 Å². The molecule has 0 radical (unpaired) electrons. The van der Waals surface area contributed by atoms with E-state index >= 15 is 0 Å². The van der Waals surface area contributed by atoms with Crippen molar-refractivity contribution in [2.45, 2.75) is 250 Å². The van der Waals surface area contributed by atoms with Gasteiger partial charge in [-0.15, -0.1) is 0 Å². The number of aryl methyl sites for hydroxylation is 8. The van der Waals surface area contributed by atoms with Gasteiger partial charge in [-0.3, -0.25) is 0 Å². The second kappa shape index (κ2) is 39.9. The third-order valence-corrected chi connectivity index (χ3v) is 28.0. The second-order valence-electron chi connectivity index (χ2n) is 41.2. The maximum Gasteiger partial charge on any atom is 0.213 e. The van der Waals surface area contributed by atoms with Crippen LogP contribution in [0.25, 0.3) is 89.5 Å². The zero-order chi connectivity index (χ0) is 88.5. The third-order valence-electron chi connectivity index (χ3n) is 28.0. The third kappa shape index (κ3) is 22.5. The summed E-state index contributed by atoms with van der Waals surface area (Å²) in [7, 11) is 8.46. The van der Waals surface area contributed by atoms with E-state index in [1.807, 2.05) is 0 Å². The number of nitrogens with zero attached hydrogens (tertiary/aromatic N) is 4. The van der Waals surface area contributed by atoms with Gasteiger partial charge in [0.2, 0.25) is 22.8 Å². The van der Waals surface area contributed by atoms with Crippen LogP contribution in [0.15, 0.2) is 267 Å². The van der Waals surface area contributed by atoms with Crippen LogP contribution in [0.4, 0.5) is 0 Å². The summed E-state index contributed by atoms with van der Waals surface area (Å²) in [5.41, 5.74) is 30.6. The van der Waals surface area contributed by atoms with Crippen molar-refractivity contribution in [1.82, 2.24) is 0 Å². The molecular weight excluding hydrogens is 1470 g/mol. The molecule has 4 aliphatic rings. The molecule has 0 bridgehead atoms. The topological polar surface area (TPSA) is 15.5 Å². The Morgan fingerprint density at radius 2 is 0.533 bits per heavy atom. The first-order valence-electron chi connectivity index (χ1n) is 47.7. The SMILES string of the molecule is Cc1ccccc1-c1cc(-c2ccc(C(C(C)(C)C)C(C)(C)C)cc2)cc[n+]1C.Cc1ccccc1-c1cc(-c2ccc(C3CCC(C4CCCCC4)CC3)cc2)cc[n+]1C.[2H]C(c1ccc(-c2cc[n+](C)c(-c3ccccc3C)c2)cc1)(C(C)(C)C)C(C)(C)C.[2H]C1(c2ccc(-c3cc[n+](C)c(-c4ccccc4C)c3)cc2)CCC(C2CCCCC2)CC1. The molecule has 0 amide bonds. The van der Waals surface area contributed by atoms with E-state index in [2.05, 4.69) is 425 Å². The zero-order valence-corrected chi connectivity index (χ0v) is 78.4. The van der Waals surface area contributed by atoms with E-state index in [0.717, 1.165) is 48.0 Å². The molecule has 4 heterocycles. The van der Waals surface area contributed by atoms with Gasteiger partial charge in [0, 0.05) is 73.5 Å². The lowest BCUT2D eigenvalue weighted by Crippen LogP contribution is -2.30. The van der Waals surface area contributed by atoms with E-state index in [1.165, 1.54) is 226 Å². The molecule has 16 rings (SSSR count). The molecule has 0 spiro atoms. The van der Waals surface area contributed by atoms with Crippen LogP contribution in [0.1, 0.15) is 270 Å². The summed E-state index contributed by atoms with van der Waals surface area (Å²) >= 11 is 0. The van der Waals surface area contributed by atoms with Crippen molar-refractivity contribution < 1.29 is 21.0 Å². The summed E-state index contributed by atoms with van der Waals surface area (Å²) in [5.74, 6) is 4.03. The van der Waals surface area contributed by atoms with Gasteiger partial charge in [-0.05, 0) is 261 Å². The Morgan fingerprint density at radius 1 is 0.270 bits per heavy atom. The fourth-order valence-electron chi connectivity index (χ4n) is 22.2. The van der Waals surface area contributed by atoms with Gasteiger partial charge in [0.15, 0.2) is 24.8 Å². The van der Waals surface area contributed by atoms with Gasteiger partial charge in [-0.1, -0.05) is 317 Å². The Morgan fingerprint density at radius 3 is 0.820 bits per heavy atom. The van der Waals surface area contributed by atoms with Crippen molar-refractivity contribution in [3.8, 4) is 89.5 Å². The van der Waals surface area contributed by atoms with Crippen molar-refractivity contribution >= 4 is 0 Å². The van der Waals surface area contributed by atoms with E-state index < -0.39 is 11.8 Å². The van der Waals surface area contributed by atoms with Gasteiger partial charge < -0.3 is 0 Å². The molecule has 0 atom stereocenters. The minimum atomic E-state index is -0.687. The summed E-state index contributed by atoms with van der Waals surface area (Å²) < 4.78 is 27.5. The van der Waals surface area contributed by atoms with Gasteiger partial charge in [0.1, 0.15) is 28.2 Å². The number of aromatic nitrogens is 4. The van der Waals surface area contributed by atoms with Crippen LogP contribution >= 0.6 is 0 Å². The molecule has 122 heavy (non-hydrogen) atoms. The lowest BCUT2D eigenvalue weighted by atomic mass is 9.63. The highest BCUT2D eigenvalue weighted by Crippen LogP contribution is 2.51. The lowest BCUT2D eigenvalue weighted by molar-refractivity contribution is -0.660. The fraction of sp³-hybridized carbons (Fsp3) is 0.424. The monoisotopic (exact) mass is 1620 g/mol. The van der Waals surface area contributed by atoms with Crippen molar-refractivity contribution in [2.24, 2.45) is 73.5 Å². The zero-order valence-electron chi connectivity index (χ0n) is 80.4. The van der Waals surface area contributed by atoms with Crippen LogP contribution in [0.5, 0.6) is 0 Å². The number of rotatable bonds is 14. The summed E-state index contributed by atoms with van der Waals surface area (Å²) in [5, 5.41) is 0. The largest absolute Gasteiger partial charge is 0.213 e. The molecule has 12 aromatic rings. The molecule has 0 unspecified atom stereocenters. The average Bonchev–Trinajstić information content (AvgIpc) is 0.739. The number of benzene rings is 8. The van der Waals surface area contributed by atoms with Crippen molar-refractivity contribution in [3.05, 3.63) is 312 Å². The number of hydrogen-bond donors (Lipinski definition) is 0. The minimum Gasteiger partial charge on any atom is -0.201 e. The fourth-order valence-corrected chi connectivity index (χ4v) is 22.2. The maximum atomic E-state index is 9.43. The number of pyridine rings is 4. The van der Waals surface area contributed by atoms with E-state index in [4.69, 9.17) is 0 Å². The molecule has 4 fully saturated rings. The summed E-state index contributed by atoms with van der Waals surface area (Å²) in [6.07, 6.45) is 33.4. The molecule has 4 heteroatoms. The van der Waals surface area contributed by atoms with Crippen molar-refractivity contribution in [3.63, 3.8) is 0 Å². The van der Waals surface area contributed by atoms with E-state index in [9.17, 15) is 2.74 Å². The smallest absolute Gasteiger partial charge is 0.201 e. The van der Waals surface area contributed by atoms with Gasteiger partial charge in [-0.25, -0.2) is 18.3 Å². The van der Waals surface area contributed by atoms with Crippen LogP contribution in [0.3, 0.4) is 0 Å². The Bertz CT molecular complexity index is 5490. The van der Waals surface area contributed by atoms with E-state index in [-0.39, 0.29) is 21.7 Å². The normalized spacial score (nSPS) is 18.4. The molecule has 4 aliphatic carbocycles. The van der Waals surface area contributed by atoms with Crippen molar-refractivity contribution in [2.75, 3.05) is 0 Å². The standard InChI is InChI=1S/2C31H38N.2C28H36N/c2*1-23-8-6-7-11-30(23)31-22-29(20-21-32(31)2)28-18-16-27(17-19-28)26-14-12-25(13-15-26)24-9-4-3-5-10-24;2*1-20-11-9-10-12-24(20)25-19-23(17-18-29(25)8)21-13-15-22(16-14-21)26(27(2,3)4)28(5,6)7/h2*6-8,11,16-22,24-26H,3-5,9-10,12-15H2,1-2H3;2*9-19,26H,1-8H3/q4*+1/i26D;;26D;. The maximum absolute atomic E-state index is 9.43. The summed E-state index contributed by atoms with van der Waals surface area (Å²) in [6.45, 7) is 35.8. The molecule has 4 saturated carbocycles. The summed E-state index contributed by atoms with van der Waals surface area (Å²) in [4.78, 5) is 0. The van der Waals surface area contributed by atoms with Crippen LogP contribution in [0.2, 0.25) is 0 Å². The summed E-state index contributed by atoms with van der Waals surface area (Å²) in [6, 6.07) is 88.7. The van der Waals surface area contributed by atoms with Crippen LogP contribution in [0, 0.1) is 73.0 Å². The first kappa shape index (κ1) is 87.3. The van der Waals surface area contributed by atoms with Gasteiger partial charge in [0.25, 0.3) is 0 Å². The Balaban J connectivity index is 0.000000142. The second-order valence-corrected chi connectivity index (χ2v) is 41.2. The Kier molecular flexibility index (Phi) is 28.5. The van der Waals surface area contributed by atoms with Crippen LogP contribution in [-0.4, -0.2) is 0 Å². The molecule has 4 aromatic heterocycles. The van der Waals surface area contributed by atoms with E-state index in [0.29, 0.717) is 5.92 Å². The lowest BCUT2D eigenvalue weighted by Gasteiger charge is -2.41. The molecular formula is C118H148N4+4. The van der Waals surface area contributed by atoms with E-state index in [1.54, 1.807) is 5.56 Å². The highest BCUT2D eigenvalue weighted by atomic mass is 14.9. The van der Waals surface area contributed by atoms with Gasteiger partial charge in [-0.2, -0.15) is 0 Å². The first-order chi connectivity index (χ1) is 59.1. The first-order valence-corrected chi connectivity index (χ1v) is 46.7. The highest BCUT2D eigenvalue weighted by molar-refractivity contribution is 5.74. The predicted octanol–water partition coefficient (Wildman–Crippen LogP) is 30.7. The average molecular weight is 1620 g/mol. The number of hydrogen-bond acceptors (Lipinski definition) is 0. The molecule has 0 N–H and O–H groups in total.